The first-order chi connectivity index (χ1) is 14.9. The Morgan fingerprint density at radius 1 is 1.26 bits per heavy atom. The lowest BCUT2D eigenvalue weighted by atomic mass is 9.99. The number of anilines is 2. The number of fused-ring (bicyclic) bond motifs is 1. The fourth-order valence-corrected chi connectivity index (χ4v) is 3.26. The second-order valence-electron chi connectivity index (χ2n) is 6.92. The van der Waals surface area contributed by atoms with Gasteiger partial charge in [-0.3, -0.25) is 14.4 Å². The zero-order valence-corrected chi connectivity index (χ0v) is 17.3. The van der Waals surface area contributed by atoms with Crippen LogP contribution in [0.25, 0.3) is 5.52 Å². The van der Waals surface area contributed by atoms with Gasteiger partial charge in [-0.1, -0.05) is 19.9 Å². The summed E-state index contributed by atoms with van der Waals surface area (Å²) in [5.74, 6) is -1.57. The first-order valence-electron chi connectivity index (χ1n) is 9.53. The Morgan fingerprint density at radius 3 is 2.71 bits per heavy atom. The highest BCUT2D eigenvalue weighted by Crippen LogP contribution is 2.32. The van der Waals surface area contributed by atoms with Gasteiger partial charge < -0.3 is 15.7 Å². The standard InChI is InChI=1S/C20H23FN6O4/c1-11(2)15-13(19(29)22-7-8-28)9-27-17(15)18(23-10-24-27)25-16-12(20(30)26-31-3)5-4-6-14(16)21/h4-6,9-11,28H,7-8H2,1-3H3,(H,22,29)(H,26,30)(H,23,24,25). The van der Waals surface area contributed by atoms with Gasteiger partial charge in [-0.2, -0.15) is 5.10 Å². The molecule has 2 amide bonds. The minimum Gasteiger partial charge on any atom is -0.395 e. The summed E-state index contributed by atoms with van der Waals surface area (Å²) in [5.41, 5.74) is 3.54. The maximum atomic E-state index is 14.6. The zero-order valence-electron chi connectivity index (χ0n) is 17.3. The molecule has 2 aromatic heterocycles. The van der Waals surface area contributed by atoms with Crippen molar-refractivity contribution >= 4 is 28.8 Å². The Labute approximate surface area is 177 Å². The van der Waals surface area contributed by atoms with Crippen molar-refractivity contribution in [2.24, 2.45) is 0 Å². The van der Waals surface area contributed by atoms with E-state index in [1.54, 1.807) is 6.20 Å². The second kappa shape index (κ2) is 9.49. The van der Waals surface area contributed by atoms with E-state index in [9.17, 15) is 14.0 Å². The number of halogens is 1. The van der Waals surface area contributed by atoms with Gasteiger partial charge in [0.15, 0.2) is 5.82 Å². The number of para-hydroxylation sites is 1. The number of aliphatic hydroxyl groups is 1. The maximum absolute atomic E-state index is 14.6. The molecule has 0 atom stereocenters. The summed E-state index contributed by atoms with van der Waals surface area (Å²) in [7, 11) is 1.27. The molecule has 0 fully saturated rings. The molecule has 0 saturated heterocycles. The van der Waals surface area contributed by atoms with E-state index in [1.165, 1.54) is 36.2 Å². The van der Waals surface area contributed by atoms with Crippen molar-refractivity contribution in [2.75, 3.05) is 25.6 Å². The topological polar surface area (TPSA) is 130 Å². The first-order valence-corrected chi connectivity index (χ1v) is 9.53. The lowest BCUT2D eigenvalue weighted by Gasteiger charge is -2.14. The van der Waals surface area contributed by atoms with E-state index in [4.69, 9.17) is 5.11 Å². The summed E-state index contributed by atoms with van der Waals surface area (Å²) in [6, 6.07) is 4.05. The van der Waals surface area contributed by atoms with Crippen LogP contribution in [0.5, 0.6) is 0 Å². The van der Waals surface area contributed by atoms with Crippen molar-refractivity contribution in [3.05, 3.63) is 53.2 Å². The quantitative estimate of drug-likeness (QED) is 0.401. The molecule has 31 heavy (non-hydrogen) atoms. The van der Waals surface area contributed by atoms with Gasteiger partial charge in [0.05, 0.1) is 30.5 Å². The third-order valence-electron chi connectivity index (χ3n) is 4.53. The smallest absolute Gasteiger partial charge is 0.277 e. The number of hydrogen-bond acceptors (Lipinski definition) is 7. The van der Waals surface area contributed by atoms with Gasteiger partial charge in [-0.15, -0.1) is 0 Å². The van der Waals surface area contributed by atoms with Gasteiger partial charge in [0, 0.05) is 12.7 Å². The summed E-state index contributed by atoms with van der Waals surface area (Å²) in [6.07, 6.45) is 2.80. The van der Waals surface area contributed by atoms with Crippen molar-refractivity contribution in [3.63, 3.8) is 0 Å². The summed E-state index contributed by atoms with van der Waals surface area (Å²) < 4.78 is 16.1. The number of amides is 2. The summed E-state index contributed by atoms with van der Waals surface area (Å²) in [4.78, 5) is 33.8. The summed E-state index contributed by atoms with van der Waals surface area (Å²) in [6.45, 7) is 3.71. The Morgan fingerprint density at radius 2 is 2.03 bits per heavy atom. The first kappa shape index (κ1) is 22.1. The van der Waals surface area contributed by atoms with Crippen LogP contribution in [0.3, 0.4) is 0 Å². The molecule has 0 spiro atoms. The minimum atomic E-state index is -0.668. The SMILES string of the molecule is CONC(=O)c1cccc(F)c1Nc1ncnn2cc(C(=O)NCCO)c(C(C)C)c12. The van der Waals surface area contributed by atoms with Crippen LogP contribution in [-0.4, -0.2) is 51.8 Å². The fourth-order valence-electron chi connectivity index (χ4n) is 3.26. The van der Waals surface area contributed by atoms with E-state index in [1.807, 2.05) is 13.8 Å². The number of carbonyl (C=O) groups excluding carboxylic acids is 2. The lowest BCUT2D eigenvalue weighted by Crippen LogP contribution is -2.27. The molecule has 10 nitrogen and oxygen atoms in total. The van der Waals surface area contributed by atoms with Gasteiger partial charge in [0.1, 0.15) is 17.7 Å². The van der Waals surface area contributed by atoms with Crippen LogP contribution in [0, 0.1) is 5.82 Å². The number of carbonyl (C=O) groups is 2. The van der Waals surface area contributed by atoms with Crippen LogP contribution in [0.15, 0.2) is 30.7 Å². The molecular weight excluding hydrogens is 407 g/mol. The number of rotatable bonds is 8. The number of nitrogens with zero attached hydrogens (tertiary/aromatic N) is 3. The lowest BCUT2D eigenvalue weighted by molar-refractivity contribution is 0.0538. The van der Waals surface area contributed by atoms with E-state index in [-0.39, 0.29) is 42.0 Å². The maximum Gasteiger partial charge on any atom is 0.277 e. The molecule has 0 aliphatic carbocycles. The van der Waals surface area contributed by atoms with Gasteiger partial charge in [0.25, 0.3) is 11.8 Å². The molecule has 0 unspecified atom stereocenters. The van der Waals surface area contributed by atoms with Crippen LogP contribution >= 0.6 is 0 Å². The molecule has 0 saturated carbocycles. The average Bonchev–Trinajstić information content (AvgIpc) is 3.14. The van der Waals surface area contributed by atoms with E-state index in [2.05, 4.69) is 31.0 Å². The van der Waals surface area contributed by atoms with Crippen molar-refractivity contribution < 1.29 is 23.9 Å². The molecule has 2 heterocycles. The predicted molar refractivity (Wildman–Crippen MR) is 111 cm³/mol. The molecule has 0 radical (unpaired) electrons. The average molecular weight is 430 g/mol. The second-order valence-corrected chi connectivity index (χ2v) is 6.92. The third-order valence-corrected chi connectivity index (χ3v) is 4.53. The number of hydrogen-bond donors (Lipinski definition) is 4. The van der Waals surface area contributed by atoms with E-state index in [0.717, 1.165) is 0 Å². The fraction of sp³-hybridized carbons (Fsp3) is 0.300. The van der Waals surface area contributed by atoms with Crippen LogP contribution in [0.2, 0.25) is 0 Å². The summed E-state index contributed by atoms with van der Waals surface area (Å²) >= 11 is 0. The number of aliphatic hydroxyl groups excluding tert-OH is 1. The minimum absolute atomic E-state index is 0.0113. The highest BCUT2D eigenvalue weighted by Gasteiger charge is 2.24. The van der Waals surface area contributed by atoms with Crippen molar-refractivity contribution in [1.29, 1.82) is 0 Å². The number of aromatic nitrogens is 3. The van der Waals surface area contributed by atoms with Crippen LogP contribution in [0.4, 0.5) is 15.9 Å². The molecule has 0 aliphatic rings. The largest absolute Gasteiger partial charge is 0.395 e. The normalized spacial score (nSPS) is 11.0. The molecule has 164 valence electrons. The summed E-state index contributed by atoms with van der Waals surface area (Å²) in [5, 5.41) is 18.7. The Hall–Kier alpha value is -3.57. The van der Waals surface area contributed by atoms with Crippen molar-refractivity contribution in [2.45, 2.75) is 19.8 Å². The zero-order chi connectivity index (χ0) is 22.5. The molecular formula is C20H23FN6O4. The third kappa shape index (κ3) is 4.47. The molecule has 3 rings (SSSR count). The van der Waals surface area contributed by atoms with Gasteiger partial charge in [-0.25, -0.2) is 19.4 Å². The molecule has 4 N–H and O–H groups in total. The van der Waals surface area contributed by atoms with Gasteiger partial charge in [0.2, 0.25) is 0 Å². The number of hydroxylamine groups is 1. The molecule has 1 aromatic carbocycles. The van der Waals surface area contributed by atoms with Crippen molar-refractivity contribution in [3.8, 4) is 0 Å². The van der Waals surface area contributed by atoms with E-state index >= 15 is 0 Å². The van der Waals surface area contributed by atoms with Crippen LogP contribution in [0.1, 0.15) is 46.0 Å². The highest BCUT2D eigenvalue weighted by atomic mass is 19.1. The molecule has 11 heteroatoms. The predicted octanol–water partition coefficient (Wildman–Crippen LogP) is 1.75. The van der Waals surface area contributed by atoms with E-state index in [0.29, 0.717) is 16.6 Å². The molecule has 0 aliphatic heterocycles. The number of benzene rings is 1. The molecule has 0 bridgehead atoms. The molecule has 3 aromatic rings. The van der Waals surface area contributed by atoms with Crippen LogP contribution < -0.4 is 16.1 Å². The Balaban J connectivity index is 2.14. The van der Waals surface area contributed by atoms with Crippen LogP contribution in [-0.2, 0) is 4.84 Å². The Bertz CT molecular complexity index is 1110. The van der Waals surface area contributed by atoms with Crippen molar-refractivity contribution in [1.82, 2.24) is 25.4 Å². The van der Waals surface area contributed by atoms with Gasteiger partial charge >= 0.3 is 0 Å². The Kier molecular flexibility index (Phi) is 6.78. The van der Waals surface area contributed by atoms with E-state index < -0.39 is 11.7 Å². The van der Waals surface area contributed by atoms with Gasteiger partial charge in [-0.05, 0) is 23.6 Å². The monoisotopic (exact) mass is 430 g/mol. The number of nitrogens with one attached hydrogen (secondary N) is 3. The highest BCUT2D eigenvalue weighted by molar-refractivity contribution is 6.02.